The van der Waals surface area contributed by atoms with Crippen molar-refractivity contribution >= 4 is 17.8 Å². The van der Waals surface area contributed by atoms with Crippen LogP contribution in [0, 0.1) is 0 Å². The summed E-state index contributed by atoms with van der Waals surface area (Å²) < 4.78 is 5.42. The number of phenols is 1. The summed E-state index contributed by atoms with van der Waals surface area (Å²) in [4.78, 5) is 16.2. The first kappa shape index (κ1) is 14.8. The molecule has 0 saturated carbocycles. The predicted molar refractivity (Wildman–Crippen MR) is 80.4 cm³/mol. The molecule has 0 spiro atoms. The molecule has 0 bridgehead atoms. The third kappa shape index (κ3) is 3.13. The lowest BCUT2D eigenvalue weighted by atomic mass is 10.0. The van der Waals surface area contributed by atoms with Crippen LogP contribution in [0.25, 0.3) is 6.08 Å². The highest BCUT2D eigenvalue weighted by Crippen LogP contribution is 2.33. The topological polar surface area (TPSA) is 68.1 Å². The Morgan fingerprint density at radius 3 is 2.81 bits per heavy atom. The number of benzene rings is 1. The van der Waals surface area contributed by atoms with Gasteiger partial charge >= 0.3 is 5.97 Å². The molecule has 0 radical (unpaired) electrons. The first-order valence-corrected chi connectivity index (χ1v) is 6.64. The van der Waals surface area contributed by atoms with Crippen molar-refractivity contribution < 1.29 is 19.5 Å². The lowest BCUT2D eigenvalue weighted by Crippen LogP contribution is -2.02. The Hall–Kier alpha value is -2.56. The van der Waals surface area contributed by atoms with Crippen molar-refractivity contribution in [2.45, 2.75) is 20.3 Å². The molecule has 0 aromatic heterocycles. The van der Waals surface area contributed by atoms with Crippen LogP contribution in [0.5, 0.6) is 11.5 Å². The molecule has 0 aliphatic carbocycles. The highest BCUT2D eigenvalue weighted by atomic mass is 16.7. The third-order valence-electron chi connectivity index (χ3n) is 3.03. The van der Waals surface area contributed by atoms with E-state index in [2.05, 4.69) is 16.6 Å². The Labute approximate surface area is 123 Å². The molecule has 0 saturated heterocycles. The molecule has 0 atom stereocenters. The van der Waals surface area contributed by atoms with Crippen molar-refractivity contribution in [1.29, 1.82) is 0 Å². The molecule has 0 fully saturated rings. The Morgan fingerprint density at radius 2 is 2.24 bits per heavy atom. The second kappa shape index (κ2) is 6.26. The van der Waals surface area contributed by atoms with Crippen molar-refractivity contribution in [3.05, 3.63) is 41.5 Å². The number of ether oxygens (including phenoxy) is 1. The second-order valence-electron chi connectivity index (χ2n) is 4.57. The number of phenolic OH excluding ortho intramolecular Hbond substituents is 1. The van der Waals surface area contributed by atoms with Crippen molar-refractivity contribution in [1.82, 2.24) is 0 Å². The van der Waals surface area contributed by atoms with Crippen LogP contribution in [-0.2, 0) is 16.1 Å². The van der Waals surface area contributed by atoms with Gasteiger partial charge in [0.25, 0.3) is 0 Å². The van der Waals surface area contributed by atoms with Crippen molar-refractivity contribution in [3.8, 4) is 11.5 Å². The molecule has 1 aromatic carbocycles. The molecule has 2 rings (SSSR count). The van der Waals surface area contributed by atoms with E-state index in [-0.39, 0.29) is 5.75 Å². The van der Waals surface area contributed by atoms with Gasteiger partial charge in [-0.15, -0.1) is 6.58 Å². The molecule has 1 aliphatic rings. The third-order valence-corrected chi connectivity index (χ3v) is 3.03. The highest BCUT2D eigenvalue weighted by molar-refractivity contribution is 6.24. The number of aromatic hydroxyl groups is 1. The number of rotatable bonds is 5. The molecular formula is C16H17NO4. The summed E-state index contributed by atoms with van der Waals surface area (Å²) in [5.74, 6) is -0.00764. The van der Waals surface area contributed by atoms with Gasteiger partial charge in [0, 0.05) is 5.56 Å². The largest absolute Gasteiger partial charge is 0.504 e. The average molecular weight is 287 g/mol. The zero-order valence-electron chi connectivity index (χ0n) is 12.0. The zero-order valence-corrected chi connectivity index (χ0v) is 12.0. The van der Waals surface area contributed by atoms with Gasteiger partial charge in [-0.3, -0.25) is 0 Å². The van der Waals surface area contributed by atoms with Crippen LogP contribution in [0.2, 0.25) is 0 Å². The van der Waals surface area contributed by atoms with Crippen molar-refractivity contribution in [2.24, 2.45) is 5.16 Å². The van der Waals surface area contributed by atoms with E-state index in [4.69, 9.17) is 4.74 Å². The highest BCUT2D eigenvalue weighted by Gasteiger charge is 2.22. The molecule has 0 unspecified atom stereocenters. The maximum absolute atomic E-state index is 11.6. The SMILES string of the molecule is C=CCc1cc(/C=C2\C(=O)ON=C2C)cc(OCC)c1O. The fourth-order valence-corrected chi connectivity index (χ4v) is 2.04. The zero-order chi connectivity index (χ0) is 15.4. The number of nitrogens with zero attached hydrogens (tertiary/aromatic N) is 1. The smallest absolute Gasteiger partial charge is 0.367 e. The Morgan fingerprint density at radius 1 is 1.48 bits per heavy atom. The molecule has 5 heteroatoms. The molecule has 1 aromatic rings. The van der Waals surface area contributed by atoms with Crippen molar-refractivity contribution in [2.75, 3.05) is 6.61 Å². The fourth-order valence-electron chi connectivity index (χ4n) is 2.04. The number of hydrogen-bond acceptors (Lipinski definition) is 5. The minimum absolute atomic E-state index is 0.0956. The standard InChI is InChI=1S/C16H17NO4/c1-4-6-12-7-11(9-14(15(12)18)20-5-2)8-13-10(3)17-21-16(13)19/h4,7-9,18H,1,5-6H2,2-3H3/b13-8-. The molecule has 110 valence electrons. The van der Waals surface area contributed by atoms with Gasteiger partial charge in [-0.25, -0.2) is 4.79 Å². The summed E-state index contributed by atoms with van der Waals surface area (Å²) in [5.41, 5.74) is 2.34. The molecule has 0 amide bonds. The van der Waals surface area contributed by atoms with Crippen LogP contribution < -0.4 is 4.74 Å². The molecule has 21 heavy (non-hydrogen) atoms. The maximum atomic E-state index is 11.6. The van der Waals surface area contributed by atoms with Gasteiger partial charge in [0.15, 0.2) is 11.5 Å². The number of carbonyl (C=O) groups excluding carboxylic acids is 1. The summed E-state index contributed by atoms with van der Waals surface area (Å²) in [6.45, 7) is 7.64. The summed E-state index contributed by atoms with van der Waals surface area (Å²) in [7, 11) is 0. The minimum atomic E-state index is -0.483. The predicted octanol–water partition coefficient (Wildman–Crippen LogP) is 2.84. The lowest BCUT2D eigenvalue weighted by Gasteiger charge is -2.11. The summed E-state index contributed by atoms with van der Waals surface area (Å²) in [6.07, 6.45) is 3.86. The lowest BCUT2D eigenvalue weighted by molar-refractivity contribution is -0.136. The van der Waals surface area contributed by atoms with Crippen LogP contribution >= 0.6 is 0 Å². The maximum Gasteiger partial charge on any atom is 0.367 e. The average Bonchev–Trinajstić information content (AvgIpc) is 2.76. The number of carbonyl (C=O) groups is 1. The molecule has 1 aliphatic heterocycles. The Bertz CT molecular complexity index is 644. The van der Waals surface area contributed by atoms with Gasteiger partial charge in [0.1, 0.15) is 0 Å². The quantitative estimate of drug-likeness (QED) is 0.513. The van der Waals surface area contributed by atoms with Gasteiger partial charge in [-0.2, -0.15) is 0 Å². The monoisotopic (exact) mass is 287 g/mol. The first-order chi connectivity index (χ1) is 10.1. The number of hydrogen-bond donors (Lipinski definition) is 1. The van der Waals surface area contributed by atoms with E-state index in [0.29, 0.717) is 35.6 Å². The van der Waals surface area contributed by atoms with Crippen LogP contribution in [0.15, 0.2) is 35.5 Å². The molecule has 1 N–H and O–H groups in total. The van der Waals surface area contributed by atoms with E-state index in [1.165, 1.54) is 0 Å². The van der Waals surface area contributed by atoms with Crippen LogP contribution in [0.4, 0.5) is 0 Å². The van der Waals surface area contributed by atoms with E-state index in [9.17, 15) is 9.90 Å². The van der Waals surface area contributed by atoms with Crippen LogP contribution in [0.3, 0.4) is 0 Å². The first-order valence-electron chi connectivity index (χ1n) is 6.64. The normalized spacial score (nSPS) is 15.8. The van der Waals surface area contributed by atoms with E-state index < -0.39 is 5.97 Å². The van der Waals surface area contributed by atoms with E-state index in [1.807, 2.05) is 6.92 Å². The fraction of sp³-hybridized carbons (Fsp3) is 0.250. The molecular weight excluding hydrogens is 270 g/mol. The Balaban J connectivity index is 2.48. The Kier molecular flexibility index (Phi) is 4.42. The molecule has 5 nitrogen and oxygen atoms in total. The van der Waals surface area contributed by atoms with Gasteiger partial charge in [0.2, 0.25) is 0 Å². The summed E-state index contributed by atoms with van der Waals surface area (Å²) in [5, 5.41) is 13.8. The second-order valence-corrected chi connectivity index (χ2v) is 4.57. The minimum Gasteiger partial charge on any atom is -0.504 e. The summed E-state index contributed by atoms with van der Waals surface area (Å²) in [6, 6.07) is 3.46. The van der Waals surface area contributed by atoms with Gasteiger partial charge in [-0.05, 0) is 44.0 Å². The van der Waals surface area contributed by atoms with E-state index in [0.717, 1.165) is 5.56 Å². The van der Waals surface area contributed by atoms with Gasteiger partial charge in [-0.1, -0.05) is 11.2 Å². The van der Waals surface area contributed by atoms with Gasteiger partial charge in [0.05, 0.1) is 17.9 Å². The van der Waals surface area contributed by atoms with Crippen molar-refractivity contribution in [3.63, 3.8) is 0 Å². The van der Waals surface area contributed by atoms with Gasteiger partial charge < -0.3 is 14.7 Å². The number of allylic oxidation sites excluding steroid dienone is 1. The summed E-state index contributed by atoms with van der Waals surface area (Å²) >= 11 is 0. The van der Waals surface area contributed by atoms with Crippen LogP contribution in [-0.4, -0.2) is 23.4 Å². The van der Waals surface area contributed by atoms with E-state index in [1.54, 1.807) is 31.2 Å². The number of oxime groups is 1. The van der Waals surface area contributed by atoms with Crippen LogP contribution in [0.1, 0.15) is 25.0 Å². The molecule has 1 heterocycles. The van der Waals surface area contributed by atoms with E-state index >= 15 is 0 Å².